The van der Waals surface area contributed by atoms with Crippen LogP contribution < -0.4 is 4.74 Å². The van der Waals surface area contributed by atoms with Gasteiger partial charge in [-0.15, -0.1) is 0 Å². The van der Waals surface area contributed by atoms with E-state index in [1.807, 2.05) is 6.92 Å². The van der Waals surface area contributed by atoms with Crippen molar-refractivity contribution in [1.82, 2.24) is 4.90 Å². The van der Waals surface area contributed by atoms with E-state index < -0.39 is 23.5 Å². The smallest absolute Gasteiger partial charge is 0.290 e. The van der Waals surface area contributed by atoms with Crippen LogP contribution in [0, 0.1) is 0 Å². The second kappa shape index (κ2) is 7.71. The quantitative estimate of drug-likeness (QED) is 0.609. The lowest BCUT2D eigenvalue weighted by Crippen LogP contribution is -2.30. The van der Waals surface area contributed by atoms with Crippen molar-refractivity contribution < 1.29 is 28.3 Å². The molecule has 3 aromatic rings. The zero-order valence-electron chi connectivity index (χ0n) is 15.7. The Bertz CT molecular complexity index is 1050. The van der Waals surface area contributed by atoms with Crippen molar-refractivity contribution in [3.05, 3.63) is 89.5 Å². The SMILES string of the molecule is CCOc1cccc([C@@H]2C(C(=O)c3ccco3)=C(O)C(=O)N2Cc2ccco2)c1. The Hall–Kier alpha value is -3.74. The third-order valence-electron chi connectivity index (χ3n) is 4.68. The molecule has 0 spiro atoms. The fraction of sp³-hybridized carbons (Fsp3) is 0.182. The van der Waals surface area contributed by atoms with Crippen LogP contribution in [0.5, 0.6) is 5.75 Å². The van der Waals surface area contributed by atoms with Gasteiger partial charge in [-0.05, 0) is 48.9 Å². The summed E-state index contributed by atoms with van der Waals surface area (Å²) >= 11 is 0. The molecule has 0 aliphatic carbocycles. The Morgan fingerprint density at radius 2 is 1.93 bits per heavy atom. The van der Waals surface area contributed by atoms with Crippen molar-refractivity contribution in [2.75, 3.05) is 6.61 Å². The van der Waals surface area contributed by atoms with Gasteiger partial charge in [0.05, 0.1) is 37.3 Å². The molecule has 29 heavy (non-hydrogen) atoms. The predicted octanol–water partition coefficient (Wildman–Crippen LogP) is 4.05. The van der Waals surface area contributed by atoms with Crippen LogP contribution in [-0.2, 0) is 11.3 Å². The monoisotopic (exact) mass is 393 g/mol. The molecule has 0 saturated heterocycles. The number of rotatable bonds is 7. The zero-order chi connectivity index (χ0) is 20.4. The van der Waals surface area contributed by atoms with E-state index in [2.05, 4.69) is 0 Å². The lowest BCUT2D eigenvalue weighted by molar-refractivity contribution is -0.130. The van der Waals surface area contributed by atoms with Gasteiger partial charge in [-0.2, -0.15) is 0 Å². The van der Waals surface area contributed by atoms with Crippen molar-refractivity contribution >= 4 is 11.7 Å². The van der Waals surface area contributed by atoms with Crippen molar-refractivity contribution in [1.29, 1.82) is 0 Å². The lowest BCUT2D eigenvalue weighted by Gasteiger charge is -2.26. The minimum atomic E-state index is -0.814. The van der Waals surface area contributed by atoms with Gasteiger partial charge in [-0.1, -0.05) is 12.1 Å². The first-order valence-corrected chi connectivity index (χ1v) is 9.17. The number of ketones is 1. The molecule has 3 heterocycles. The molecule has 0 fully saturated rings. The first-order valence-electron chi connectivity index (χ1n) is 9.17. The fourth-order valence-corrected chi connectivity index (χ4v) is 3.45. The molecule has 0 bridgehead atoms. The molecule has 0 saturated carbocycles. The van der Waals surface area contributed by atoms with Gasteiger partial charge in [-0.3, -0.25) is 9.59 Å². The number of carbonyl (C=O) groups excluding carboxylic acids is 2. The molecule has 7 nitrogen and oxygen atoms in total. The molecule has 7 heteroatoms. The van der Waals surface area contributed by atoms with Crippen LogP contribution in [0.15, 0.2) is 81.2 Å². The maximum atomic E-state index is 13.1. The number of aliphatic hydroxyl groups excluding tert-OH is 1. The van der Waals surface area contributed by atoms with E-state index >= 15 is 0 Å². The van der Waals surface area contributed by atoms with E-state index in [1.165, 1.54) is 23.5 Å². The van der Waals surface area contributed by atoms with Gasteiger partial charge < -0.3 is 23.6 Å². The number of aliphatic hydroxyl groups is 1. The average molecular weight is 393 g/mol. The molecule has 1 aromatic carbocycles. The van der Waals surface area contributed by atoms with Gasteiger partial charge in [0.15, 0.2) is 11.5 Å². The first-order chi connectivity index (χ1) is 14.1. The summed E-state index contributed by atoms with van der Waals surface area (Å²) in [5.41, 5.74) is 0.597. The summed E-state index contributed by atoms with van der Waals surface area (Å²) < 4.78 is 16.1. The van der Waals surface area contributed by atoms with E-state index in [1.54, 1.807) is 42.5 Å². The van der Waals surface area contributed by atoms with E-state index in [0.29, 0.717) is 23.7 Å². The summed E-state index contributed by atoms with van der Waals surface area (Å²) in [5, 5.41) is 10.6. The van der Waals surface area contributed by atoms with Gasteiger partial charge >= 0.3 is 0 Å². The summed E-state index contributed by atoms with van der Waals surface area (Å²) in [4.78, 5) is 27.3. The van der Waals surface area contributed by atoms with Crippen LogP contribution >= 0.6 is 0 Å². The molecule has 1 N–H and O–H groups in total. The highest BCUT2D eigenvalue weighted by Gasteiger charge is 2.44. The normalized spacial score (nSPS) is 16.5. The molecule has 1 aliphatic heterocycles. The van der Waals surface area contributed by atoms with Gasteiger partial charge in [-0.25, -0.2) is 0 Å². The Kier molecular flexibility index (Phi) is 4.95. The number of hydrogen-bond donors (Lipinski definition) is 1. The molecule has 1 amide bonds. The van der Waals surface area contributed by atoms with E-state index in [9.17, 15) is 14.7 Å². The van der Waals surface area contributed by atoms with Crippen LogP contribution in [0.25, 0.3) is 0 Å². The summed E-state index contributed by atoms with van der Waals surface area (Å²) in [6, 6.07) is 12.8. The third kappa shape index (κ3) is 3.42. The summed E-state index contributed by atoms with van der Waals surface area (Å²) in [7, 11) is 0. The van der Waals surface area contributed by atoms with Crippen LogP contribution in [0.3, 0.4) is 0 Å². The minimum absolute atomic E-state index is 0.0369. The second-order valence-electron chi connectivity index (χ2n) is 6.49. The topological polar surface area (TPSA) is 93.1 Å². The highest BCUT2D eigenvalue weighted by molar-refractivity contribution is 6.14. The van der Waals surface area contributed by atoms with Crippen molar-refractivity contribution in [3.8, 4) is 5.75 Å². The van der Waals surface area contributed by atoms with Crippen LogP contribution in [0.4, 0.5) is 0 Å². The summed E-state index contributed by atoms with van der Waals surface area (Å²) in [6.45, 7) is 2.43. The largest absolute Gasteiger partial charge is 0.503 e. The van der Waals surface area contributed by atoms with Gasteiger partial charge in [0.25, 0.3) is 5.91 Å². The predicted molar refractivity (Wildman–Crippen MR) is 102 cm³/mol. The van der Waals surface area contributed by atoms with Crippen LogP contribution in [-0.4, -0.2) is 28.3 Å². The number of hydrogen-bond acceptors (Lipinski definition) is 6. The molecule has 0 unspecified atom stereocenters. The molecule has 0 radical (unpaired) electrons. The fourth-order valence-electron chi connectivity index (χ4n) is 3.45. The Morgan fingerprint density at radius 3 is 2.62 bits per heavy atom. The molecule has 1 atom stereocenters. The Balaban J connectivity index is 1.80. The zero-order valence-corrected chi connectivity index (χ0v) is 15.7. The first kappa shape index (κ1) is 18.6. The van der Waals surface area contributed by atoms with Crippen molar-refractivity contribution in [3.63, 3.8) is 0 Å². The average Bonchev–Trinajstić information content (AvgIpc) is 3.47. The van der Waals surface area contributed by atoms with E-state index in [0.717, 1.165) is 0 Å². The maximum absolute atomic E-state index is 13.1. The lowest BCUT2D eigenvalue weighted by atomic mass is 9.95. The highest BCUT2D eigenvalue weighted by Crippen LogP contribution is 2.40. The van der Waals surface area contributed by atoms with E-state index in [4.69, 9.17) is 13.6 Å². The van der Waals surface area contributed by atoms with Crippen molar-refractivity contribution in [2.45, 2.75) is 19.5 Å². The van der Waals surface area contributed by atoms with Gasteiger partial charge in [0.1, 0.15) is 11.5 Å². The standard InChI is InChI=1S/C22H19NO6/c1-2-27-15-7-3-6-14(12-15)19-18(20(24)17-9-5-11-29-17)21(25)22(26)23(19)13-16-8-4-10-28-16/h3-12,19,25H,2,13H2,1H3/t19-/m1/s1. The third-order valence-corrected chi connectivity index (χ3v) is 4.68. The Morgan fingerprint density at radius 1 is 1.14 bits per heavy atom. The number of nitrogens with zero attached hydrogens (tertiary/aromatic N) is 1. The molecular weight excluding hydrogens is 374 g/mol. The molecule has 148 valence electrons. The number of carbonyl (C=O) groups is 2. The Labute approximate surface area is 166 Å². The highest BCUT2D eigenvalue weighted by atomic mass is 16.5. The molecule has 1 aliphatic rings. The number of ether oxygens (including phenoxy) is 1. The second-order valence-corrected chi connectivity index (χ2v) is 6.49. The summed E-state index contributed by atoms with van der Waals surface area (Å²) in [5.74, 6) is -0.608. The summed E-state index contributed by atoms with van der Waals surface area (Å²) in [6.07, 6.45) is 2.87. The number of furan rings is 2. The molecule has 4 rings (SSSR count). The molecular formula is C22H19NO6. The number of benzene rings is 1. The number of amides is 1. The van der Waals surface area contributed by atoms with E-state index in [-0.39, 0.29) is 17.9 Å². The molecule has 2 aromatic heterocycles. The number of Topliss-reactive ketones (excluding diaryl/α,β-unsaturated/α-hetero) is 1. The van der Waals surface area contributed by atoms with Crippen LogP contribution in [0.2, 0.25) is 0 Å². The minimum Gasteiger partial charge on any atom is -0.503 e. The van der Waals surface area contributed by atoms with Gasteiger partial charge in [0, 0.05) is 0 Å². The van der Waals surface area contributed by atoms with Gasteiger partial charge in [0.2, 0.25) is 5.78 Å². The van der Waals surface area contributed by atoms with Crippen LogP contribution in [0.1, 0.15) is 34.8 Å². The van der Waals surface area contributed by atoms with Crippen molar-refractivity contribution in [2.24, 2.45) is 0 Å². The maximum Gasteiger partial charge on any atom is 0.290 e.